The number of imidazole rings is 1. The molecule has 1 aliphatic rings. The van der Waals surface area contributed by atoms with Gasteiger partial charge >= 0.3 is 0 Å². The molecule has 2 aromatic heterocycles. The second-order valence-electron chi connectivity index (χ2n) is 6.93. The van der Waals surface area contributed by atoms with Crippen LogP contribution in [0, 0.1) is 0 Å². The number of sulfone groups is 1. The SMILES string of the molecule is Cn1c(-c2ccc(S(C)(=O)=O)cc2)nc2ncc(C3CCNCC3)cc21. The number of pyridine rings is 1. The number of hydrogen-bond donors (Lipinski definition) is 1. The van der Waals surface area contributed by atoms with Gasteiger partial charge in [-0.2, -0.15) is 0 Å². The molecule has 0 spiro atoms. The molecular weight excluding hydrogens is 348 g/mol. The van der Waals surface area contributed by atoms with Gasteiger partial charge in [0.05, 0.1) is 10.4 Å². The smallest absolute Gasteiger partial charge is 0.178 e. The molecule has 136 valence electrons. The third kappa shape index (κ3) is 3.12. The van der Waals surface area contributed by atoms with Gasteiger partial charge in [0.1, 0.15) is 5.82 Å². The van der Waals surface area contributed by atoms with Crippen molar-refractivity contribution in [3.8, 4) is 11.4 Å². The monoisotopic (exact) mass is 370 g/mol. The molecular formula is C19H22N4O2S. The molecule has 26 heavy (non-hydrogen) atoms. The van der Waals surface area contributed by atoms with Crippen molar-refractivity contribution in [2.45, 2.75) is 23.7 Å². The van der Waals surface area contributed by atoms with E-state index in [1.807, 2.05) is 17.8 Å². The van der Waals surface area contributed by atoms with Crippen LogP contribution in [0.1, 0.15) is 24.3 Å². The minimum Gasteiger partial charge on any atom is -0.326 e. The summed E-state index contributed by atoms with van der Waals surface area (Å²) < 4.78 is 25.3. The molecule has 7 heteroatoms. The number of aromatic nitrogens is 3. The van der Waals surface area contributed by atoms with Crippen molar-refractivity contribution in [3.63, 3.8) is 0 Å². The van der Waals surface area contributed by atoms with Gasteiger partial charge in [-0.25, -0.2) is 18.4 Å². The number of rotatable bonds is 3. The highest BCUT2D eigenvalue weighted by Crippen LogP contribution is 2.29. The lowest BCUT2D eigenvalue weighted by Gasteiger charge is -2.22. The molecule has 4 rings (SSSR count). The molecule has 1 aromatic carbocycles. The normalized spacial score (nSPS) is 16.2. The summed E-state index contributed by atoms with van der Waals surface area (Å²) in [6.45, 7) is 2.10. The van der Waals surface area contributed by atoms with Gasteiger partial charge in [0.2, 0.25) is 0 Å². The third-order valence-electron chi connectivity index (χ3n) is 5.11. The predicted octanol–water partition coefficient (Wildman–Crippen LogP) is 2.51. The number of fused-ring (bicyclic) bond motifs is 1. The van der Waals surface area contributed by atoms with E-state index in [2.05, 4.69) is 21.4 Å². The summed E-state index contributed by atoms with van der Waals surface area (Å²) in [7, 11) is -1.22. The van der Waals surface area contributed by atoms with Crippen molar-refractivity contribution in [3.05, 3.63) is 42.1 Å². The largest absolute Gasteiger partial charge is 0.326 e. The van der Waals surface area contributed by atoms with Crippen LogP contribution >= 0.6 is 0 Å². The summed E-state index contributed by atoms with van der Waals surface area (Å²) in [6, 6.07) is 9.03. The first-order chi connectivity index (χ1) is 12.4. The molecule has 0 bridgehead atoms. The Kier molecular flexibility index (Phi) is 4.28. The van der Waals surface area contributed by atoms with Crippen LogP contribution in [-0.4, -0.2) is 42.3 Å². The lowest BCUT2D eigenvalue weighted by Crippen LogP contribution is -2.26. The summed E-state index contributed by atoms with van der Waals surface area (Å²) in [5, 5.41) is 3.39. The molecule has 0 amide bonds. The highest BCUT2D eigenvalue weighted by atomic mass is 32.2. The van der Waals surface area contributed by atoms with E-state index in [1.54, 1.807) is 24.3 Å². The van der Waals surface area contributed by atoms with E-state index in [1.165, 1.54) is 11.8 Å². The molecule has 0 saturated carbocycles. The fourth-order valence-corrected chi connectivity index (χ4v) is 4.20. The molecule has 3 heterocycles. The maximum absolute atomic E-state index is 11.6. The van der Waals surface area contributed by atoms with E-state index in [9.17, 15) is 8.42 Å². The van der Waals surface area contributed by atoms with Crippen molar-refractivity contribution in [1.29, 1.82) is 0 Å². The van der Waals surface area contributed by atoms with Crippen LogP contribution in [0.25, 0.3) is 22.6 Å². The number of nitrogens with one attached hydrogen (secondary N) is 1. The van der Waals surface area contributed by atoms with Crippen LogP contribution in [-0.2, 0) is 16.9 Å². The molecule has 3 aromatic rings. The zero-order valence-corrected chi connectivity index (χ0v) is 15.8. The average molecular weight is 370 g/mol. The fourth-order valence-electron chi connectivity index (χ4n) is 3.57. The summed E-state index contributed by atoms with van der Waals surface area (Å²) >= 11 is 0. The average Bonchev–Trinajstić information content (AvgIpc) is 2.98. The summed E-state index contributed by atoms with van der Waals surface area (Å²) in [5.41, 5.74) is 3.86. The number of benzene rings is 1. The molecule has 1 saturated heterocycles. The zero-order valence-electron chi connectivity index (χ0n) is 14.9. The topological polar surface area (TPSA) is 76.9 Å². The first kappa shape index (κ1) is 17.2. The fraction of sp³-hybridized carbons (Fsp3) is 0.368. The minimum atomic E-state index is -3.20. The van der Waals surface area contributed by atoms with Gasteiger partial charge < -0.3 is 9.88 Å². The maximum atomic E-state index is 11.6. The van der Waals surface area contributed by atoms with E-state index < -0.39 is 9.84 Å². The zero-order chi connectivity index (χ0) is 18.3. The Labute approximate surface area is 153 Å². The Bertz CT molecular complexity index is 1050. The van der Waals surface area contributed by atoms with E-state index in [0.29, 0.717) is 16.5 Å². The van der Waals surface area contributed by atoms with E-state index in [0.717, 1.165) is 42.8 Å². The lowest BCUT2D eigenvalue weighted by atomic mass is 9.91. The van der Waals surface area contributed by atoms with Gasteiger partial charge in [0, 0.05) is 25.1 Å². The van der Waals surface area contributed by atoms with Crippen LogP contribution in [0.2, 0.25) is 0 Å². The standard InChI is InChI=1S/C19H22N4O2S/c1-23-17-11-15(13-7-9-20-10-8-13)12-21-18(17)22-19(23)14-3-5-16(6-4-14)26(2,24)25/h3-6,11-13,20H,7-10H2,1-2H3. The van der Waals surface area contributed by atoms with Gasteiger partial charge in [-0.1, -0.05) is 0 Å². The highest BCUT2D eigenvalue weighted by Gasteiger charge is 2.18. The van der Waals surface area contributed by atoms with Crippen LogP contribution in [0.3, 0.4) is 0 Å². The second kappa shape index (κ2) is 6.48. The molecule has 0 aliphatic carbocycles. The van der Waals surface area contributed by atoms with Crippen molar-refractivity contribution in [2.75, 3.05) is 19.3 Å². The Balaban J connectivity index is 1.73. The molecule has 1 aliphatic heterocycles. The van der Waals surface area contributed by atoms with Gasteiger partial charge in [-0.3, -0.25) is 0 Å². The van der Waals surface area contributed by atoms with Crippen LogP contribution in [0.4, 0.5) is 0 Å². The van der Waals surface area contributed by atoms with Crippen molar-refractivity contribution >= 4 is 21.0 Å². The minimum absolute atomic E-state index is 0.311. The van der Waals surface area contributed by atoms with Gasteiger partial charge in [-0.05, 0) is 67.7 Å². The Morgan fingerprint density at radius 2 is 1.85 bits per heavy atom. The van der Waals surface area contributed by atoms with Crippen molar-refractivity contribution < 1.29 is 8.42 Å². The lowest BCUT2D eigenvalue weighted by molar-refractivity contribution is 0.460. The molecule has 6 nitrogen and oxygen atoms in total. The second-order valence-corrected chi connectivity index (χ2v) is 8.94. The summed E-state index contributed by atoms with van der Waals surface area (Å²) in [4.78, 5) is 9.53. The van der Waals surface area contributed by atoms with E-state index >= 15 is 0 Å². The first-order valence-corrected chi connectivity index (χ1v) is 10.7. The number of piperidine rings is 1. The van der Waals surface area contributed by atoms with Crippen LogP contribution in [0.15, 0.2) is 41.4 Å². The molecule has 1 fully saturated rings. The summed E-state index contributed by atoms with van der Waals surface area (Å²) in [6.07, 6.45) is 5.42. The van der Waals surface area contributed by atoms with Gasteiger partial charge in [0.25, 0.3) is 0 Å². The number of nitrogens with zero attached hydrogens (tertiary/aromatic N) is 3. The molecule has 1 N–H and O–H groups in total. The Morgan fingerprint density at radius 3 is 2.50 bits per heavy atom. The number of aryl methyl sites for hydroxylation is 1. The summed E-state index contributed by atoms with van der Waals surface area (Å²) in [5.74, 6) is 1.33. The maximum Gasteiger partial charge on any atom is 0.178 e. The van der Waals surface area contributed by atoms with Crippen molar-refractivity contribution in [1.82, 2.24) is 19.9 Å². The van der Waals surface area contributed by atoms with Crippen LogP contribution in [0.5, 0.6) is 0 Å². The molecule has 0 radical (unpaired) electrons. The van der Waals surface area contributed by atoms with Crippen LogP contribution < -0.4 is 5.32 Å². The number of hydrogen-bond acceptors (Lipinski definition) is 5. The van der Waals surface area contributed by atoms with Crippen molar-refractivity contribution in [2.24, 2.45) is 7.05 Å². The Morgan fingerprint density at radius 1 is 1.15 bits per heavy atom. The predicted molar refractivity (Wildman–Crippen MR) is 102 cm³/mol. The third-order valence-corrected chi connectivity index (χ3v) is 6.24. The highest BCUT2D eigenvalue weighted by molar-refractivity contribution is 7.90. The Hall–Kier alpha value is -2.25. The van der Waals surface area contributed by atoms with E-state index in [-0.39, 0.29) is 0 Å². The van der Waals surface area contributed by atoms with Gasteiger partial charge in [0.15, 0.2) is 15.5 Å². The molecule has 0 atom stereocenters. The quantitative estimate of drug-likeness (QED) is 0.767. The molecule has 0 unspecified atom stereocenters. The van der Waals surface area contributed by atoms with E-state index in [4.69, 9.17) is 0 Å². The first-order valence-electron chi connectivity index (χ1n) is 8.77. The van der Waals surface area contributed by atoms with Gasteiger partial charge in [-0.15, -0.1) is 0 Å².